The topological polar surface area (TPSA) is 20.3 Å². The van der Waals surface area contributed by atoms with Crippen LogP contribution in [-0.2, 0) is 4.79 Å². The maximum Gasteiger partial charge on any atom is 0.225 e. The fourth-order valence-corrected chi connectivity index (χ4v) is 2.78. The largest absolute Gasteiger partial charge is 0.342 e. The van der Waals surface area contributed by atoms with Crippen LogP contribution in [0.25, 0.3) is 0 Å². The van der Waals surface area contributed by atoms with Crippen molar-refractivity contribution in [2.24, 2.45) is 17.8 Å². The second-order valence-corrected chi connectivity index (χ2v) is 4.98. The molecule has 0 spiro atoms. The first-order valence-corrected chi connectivity index (χ1v) is 5.78. The van der Waals surface area contributed by atoms with Crippen LogP contribution in [0, 0.1) is 17.8 Å². The number of nitrogens with zero attached hydrogens (tertiary/aromatic N) is 1. The smallest absolute Gasteiger partial charge is 0.225 e. The molecule has 14 heavy (non-hydrogen) atoms. The summed E-state index contributed by atoms with van der Waals surface area (Å²) < 4.78 is 0. The molecule has 2 fully saturated rings. The van der Waals surface area contributed by atoms with E-state index in [1.165, 1.54) is 12.8 Å². The summed E-state index contributed by atoms with van der Waals surface area (Å²) in [5.74, 6) is 2.38. The van der Waals surface area contributed by atoms with E-state index in [0.717, 1.165) is 37.8 Å². The maximum atomic E-state index is 11.9. The van der Waals surface area contributed by atoms with Crippen molar-refractivity contribution in [1.82, 2.24) is 4.90 Å². The molecule has 2 atom stereocenters. The Morgan fingerprint density at radius 1 is 1.07 bits per heavy atom. The Hall–Kier alpha value is -0.790. The van der Waals surface area contributed by atoms with Gasteiger partial charge in [-0.15, -0.1) is 0 Å². The highest BCUT2D eigenvalue weighted by Gasteiger charge is 2.40. The molecule has 0 radical (unpaired) electrons. The van der Waals surface area contributed by atoms with Crippen LogP contribution >= 0.6 is 0 Å². The minimum Gasteiger partial charge on any atom is -0.342 e. The first-order valence-electron chi connectivity index (χ1n) is 5.78. The lowest BCUT2D eigenvalue weighted by molar-refractivity contribution is -0.131. The maximum absolute atomic E-state index is 11.9. The molecule has 1 saturated heterocycles. The lowest BCUT2D eigenvalue weighted by Crippen LogP contribution is -2.30. The van der Waals surface area contributed by atoms with Gasteiger partial charge in [-0.05, 0) is 37.5 Å². The Balaban J connectivity index is 1.66. The Morgan fingerprint density at radius 2 is 1.64 bits per heavy atom. The van der Waals surface area contributed by atoms with Gasteiger partial charge in [0.25, 0.3) is 0 Å². The van der Waals surface area contributed by atoms with Crippen molar-refractivity contribution in [2.75, 3.05) is 13.1 Å². The summed E-state index contributed by atoms with van der Waals surface area (Å²) in [6, 6.07) is 0. The third-order valence-electron chi connectivity index (χ3n) is 3.86. The van der Waals surface area contributed by atoms with Crippen molar-refractivity contribution in [3.05, 3.63) is 12.2 Å². The Kier molecular flexibility index (Phi) is 1.89. The van der Waals surface area contributed by atoms with E-state index in [4.69, 9.17) is 0 Å². The summed E-state index contributed by atoms with van der Waals surface area (Å²) in [6.07, 6.45) is 9.24. The van der Waals surface area contributed by atoms with Crippen molar-refractivity contribution < 1.29 is 4.79 Å². The minimum atomic E-state index is 0.406. The van der Waals surface area contributed by atoms with E-state index in [1.807, 2.05) is 0 Å². The zero-order valence-corrected chi connectivity index (χ0v) is 8.48. The van der Waals surface area contributed by atoms with E-state index in [0.29, 0.717) is 11.8 Å². The Morgan fingerprint density at radius 3 is 2.14 bits per heavy atom. The summed E-state index contributed by atoms with van der Waals surface area (Å²) in [7, 11) is 0. The molecule has 0 N–H and O–H groups in total. The first-order chi connectivity index (χ1) is 6.84. The number of carbonyl (C=O) groups excluding carboxylic acids is 1. The molecule has 1 heterocycles. The Bertz CT molecular complexity index is 264. The van der Waals surface area contributed by atoms with Gasteiger partial charge >= 0.3 is 0 Å². The van der Waals surface area contributed by atoms with Gasteiger partial charge in [-0.3, -0.25) is 4.79 Å². The third kappa shape index (κ3) is 1.37. The fourth-order valence-electron chi connectivity index (χ4n) is 2.78. The summed E-state index contributed by atoms with van der Waals surface area (Å²) >= 11 is 0. The summed E-state index contributed by atoms with van der Waals surface area (Å²) in [4.78, 5) is 14.0. The molecule has 76 valence electrons. The quantitative estimate of drug-likeness (QED) is 0.579. The molecule has 2 unspecified atom stereocenters. The van der Waals surface area contributed by atoms with Gasteiger partial charge < -0.3 is 4.90 Å². The van der Waals surface area contributed by atoms with Crippen LogP contribution in [0.15, 0.2) is 12.2 Å². The van der Waals surface area contributed by atoms with E-state index in [9.17, 15) is 4.79 Å². The van der Waals surface area contributed by atoms with Crippen LogP contribution in [0.3, 0.4) is 0 Å². The van der Waals surface area contributed by atoms with Gasteiger partial charge in [0.15, 0.2) is 0 Å². The average molecular weight is 191 g/mol. The molecule has 0 aromatic rings. The van der Waals surface area contributed by atoms with Gasteiger partial charge in [0, 0.05) is 19.0 Å². The van der Waals surface area contributed by atoms with Gasteiger partial charge in [-0.25, -0.2) is 0 Å². The predicted octanol–water partition coefficient (Wildman–Crippen LogP) is 1.82. The number of carbonyl (C=O) groups is 1. The lowest BCUT2D eigenvalue weighted by Gasteiger charge is -2.17. The summed E-state index contributed by atoms with van der Waals surface area (Å²) in [6.45, 7) is 2.06. The number of hydrogen-bond acceptors (Lipinski definition) is 1. The number of fused-ring (bicyclic) bond motifs is 1. The van der Waals surface area contributed by atoms with E-state index < -0.39 is 0 Å². The molecule has 2 nitrogen and oxygen atoms in total. The van der Waals surface area contributed by atoms with Gasteiger partial charge in [-0.2, -0.15) is 0 Å². The number of rotatable bonds is 1. The average Bonchev–Trinajstić information content (AvgIpc) is 2.95. The van der Waals surface area contributed by atoms with Gasteiger partial charge in [0.1, 0.15) is 0 Å². The monoisotopic (exact) mass is 191 g/mol. The molecule has 1 saturated carbocycles. The van der Waals surface area contributed by atoms with Crippen LogP contribution in [0.2, 0.25) is 0 Å². The lowest BCUT2D eigenvalue weighted by atomic mass is 9.86. The molecule has 3 rings (SSSR count). The number of amides is 1. The fraction of sp³-hybridized carbons (Fsp3) is 0.750. The van der Waals surface area contributed by atoms with E-state index >= 15 is 0 Å². The molecule has 2 heteroatoms. The van der Waals surface area contributed by atoms with Crippen LogP contribution < -0.4 is 0 Å². The van der Waals surface area contributed by atoms with Crippen LogP contribution in [-0.4, -0.2) is 23.9 Å². The van der Waals surface area contributed by atoms with Crippen LogP contribution in [0.4, 0.5) is 0 Å². The zero-order chi connectivity index (χ0) is 9.54. The highest BCUT2D eigenvalue weighted by molar-refractivity contribution is 5.81. The molecule has 0 aromatic heterocycles. The van der Waals surface area contributed by atoms with Crippen LogP contribution in [0.1, 0.15) is 25.7 Å². The number of allylic oxidation sites excluding steroid dienone is 2. The van der Waals surface area contributed by atoms with Crippen molar-refractivity contribution in [2.45, 2.75) is 25.7 Å². The van der Waals surface area contributed by atoms with E-state index in [1.54, 1.807) is 0 Å². The Labute approximate surface area is 85.0 Å². The van der Waals surface area contributed by atoms with Crippen molar-refractivity contribution in [1.29, 1.82) is 0 Å². The first kappa shape index (κ1) is 8.51. The van der Waals surface area contributed by atoms with Crippen molar-refractivity contribution in [3.63, 3.8) is 0 Å². The number of likely N-dealkylation sites (tertiary alicyclic amines) is 1. The molecular weight excluding hydrogens is 174 g/mol. The molecule has 2 aliphatic carbocycles. The van der Waals surface area contributed by atoms with Gasteiger partial charge in [0.05, 0.1) is 0 Å². The standard InChI is InChI=1S/C12H17NO/c14-12(9-5-6-9)13-7-10-3-1-2-4-11(10)8-13/h1-2,9-11H,3-8H2. The van der Waals surface area contributed by atoms with Crippen molar-refractivity contribution in [3.8, 4) is 0 Å². The zero-order valence-electron chi connectivity index (χ0n) is 8.48. The molecule has 3 aliphatic rings. The van der Waals surface area contributed by atoms with Gasteiger partial charge in [0.2, 0.25) is 5.91 Å². The highest BCUT2D eigenvalue weighted by Crippen LogP contribution is 2.37. The van der Waals surface area contributed by atoms with Crippen molar-refractivity contribution >= 4 is 5.91 Å². The predicted molar refractivity (Wildman–Crippen MR) is 54.7 cm³/mol. The van der Waals surface area contributed by atoms with Crippen LogP contribution in [0.5, 0.6) is 0 Å². The normalized spacial score (nSPS) is 35.9. The molecular formula is C12H17NO. The molecule has 1 aliphatic heterocycles. The van der Waals surface area contributed by atoms with E-state index in [2.05, 4.69) is 17.1 Å². The summed E-state index contributed by atoms with van der Waals surface area (Å²) in [5.41, 5.74) is 0. The second-order valence-electron chi connectivity index (χ2n) is 4.98. The summed E-state index contributed by atoms with van der Waals surface area (Å²) in [5, 5.41) is 0. The number of hydrogen-bond donors (Lipinski definition) is 0. The molecule has 0 aromatic carbocycles. The molecule has 0 bridgehead atoms. The highest BCUT2D eigenvalue weighted by atomic mass is 16.2. The van der Waals surface area contributed by atoms with E-state index in [-0.39, 0.29) is 0 Å². The second kappa shape index (κ2) is 3.11. The third-order valence-corrected chi connectivity index (χ3v) is 3.86. The van der Waals surface area contributed by atoms with Gasteiger partial charge in [-0.1, -0.05) is 12.2 Å². The minimum absolute atomic E-state index is 0.406. The molecule has 1 amide bonds. The SMILES string of the molecule is O=C(C1CC1)N1CC2CC=CCC2C1.